The summed E-state index contributed by atoms with van der Waals surface area (Å²) >= 11 is 0. The van der Waals surface area contributed by atoms with Gasteiger partial charge in [0.1, 0.15) is 5.75 Å². The first-order chi connectivity index (χ1) is 13.4. The van der Waals surface area contributed by atoms with Gasteiger partial charge in [-0.15, -0.1) is 0 Å². The first-order valence-electron chi connectivity index (χ1n) is 9.40. The van der Waals surface area contributed by atoms with E-state index in [9.17, 15) is 13.2 Å². The van der Waals surface area contributed by atoms with E-state index in [4.69, 9.17) is 4.74 Å². The monoisotopic (exact) mass is 402 g/mol. The standard InChI is InChI=1S/C21H26N2O4S/c1-3-28(25,26)23-15-13-21(14-16-23,17-7-5-4-6-8-17)20(24)22-18-9-11-19(27-2)12-10-18/h4-12H,3,13-16H2,1-2H3,(H,22,24). The lowest BCUT2D eigenvalue weighted by molar-refractivity contribution is -0.123. The number of methoxy groups -OCH3 is 1. The first-order valence-corrected chi connectivity index (χ1v) is 11.0. The van der Waals surface area contributed by atoms with Gasteiger partial charge >= 0.3 is 0 Å². The van der Waals surface area contributed by atoms with Gasteiger partial charge < -0.3 is 10.1 Å². The maximum absolute atomic E-state index is 13.4. The number of rotatable bonds is 6. The summed E-state index contributed by atoms with van der Waals surface area (Å²) in [6, 6.07) is 16.8. The van der Waals surface area contributed by atoms with Crippen LogP contribution in [0, 0.1) is 0 Å². The van der Waals surface area contributed by atoms with Crippen molar-refractivity contribution in [1.29, 1.82) is 0 Å². The van der Waals surface area contributed by atoms with E-state index in [-0.39, 0.29) is 11.7 Å². The number of ether oxygens (including phenoxy) is 1. The second-order valence-electron chi connectivity index (χ2n) is 6.93. The molecule has 0 saturated carbocycles. The molecule has 0 radical (unpaired) electrons. The van der Waals surface area contributed by atoms with Crippen LogP contribution in [-0.4, -0.2) is 44.6 Å². The van der Waals surface area contributed by atoms with Crippen molar-refractivity contribution in [3.8, 4) is 5.75 Å². The lowest BCUT2D eigenvalue weighted by atomic mass is 9.72. The Kier molecular flexibility index (Phi) is 6.05. The van der Waals surface area contributed by atoms with Crippen LogP contribution in [0.4, 0.5) is 5.69 Å². The minimum Gasteiger partial charge on any atom is -0.497 e. The SMILES string of the molecule is CCS(=O)(=O)N1CCC(C(=O)Nc2ccc(OC)cc2)(c2ccccc2)CC1. The average molecular weight is 403 g/mol. The molecule has 1 fully saturated rings. The normalized spacial score (nSPS) is 17.1. The largest absolute Gasteiger partial charge is 0.497 e. The fourth-order valence-corrected chi connectivity index (χ4v) is 4.76. The number of amides is 1. The Hall–Kier alpha value is -2.38. The van der Waals surface area contributed by atoms with Gasteiger partial charge in [0, 0.05) is 18.8 Å². The molecular weight excluding hydrogens is 376 g/mol. The van der Waals surface area contributed by atoms with E-state index >= 15 is 0 Å². The molecule has 0 aromatic heterocycles. The zero-order valence-electron chi connectivity index (χ0n) is 16.2. The molecule has 3 rings (SSSR count). The molecular formula is C21H26N2O4S. The molecule has 0 bridgehead atoms. The minimum atomic E-state index is -3.26. The summed E-state index contributed by atoms with van der Waals surface area (Å²) in [6.45, 7) is 2.31. The molecule has 0 unspecified atom stereocenters. The van der Waals surface area contributed by atoms with Crippen LogP contribution in [0.1, 0.15) is 25.3 Å². The van der Waals surface area contributed by atoms with Gasteiger partial charge in [-0.2, -0.15) is 0 Å². The van der Waals surface area contributed by atoms with Crippen molar-refractivity contribution in [1.82, 2.24) is 4.31 Å². The molecule has 1 amide bonds. The van der Waals surface area contributed by atoms with E-state index < -0.39 is 15.4 Å². The van der Waals surface area contributed by atoms with Crippen LogP contribution in [0.25, 0.3) is 0 Å². The highest BCUT2D eigenvalue weighted by Gasteiger charge is 2.44. The average Bonchev–Trinajstić information content (AvgIpc) is 2.75. The highest BCUT2D eigenvalue weighted by molar-refractivity contribution is 7.89. The van der Waals surface area contributed by atoms with E-state index in [1.54, 1.807) is 38.3 Å². The highest BCUT2D eigenvalue weighted by Crippen LogP contribution is 2.37. The Labute approximate surface area is 166 Å². The number of carbonyl (C=O) groups is 1. The van der Waals surface area contributed by atoms with E-state index in [0.29, 0.717) is 37.4 Å². The predicted octanol–water partition coefficient (Wildman–Crippen LogP) is 3.02. The van der Waals surface area contributed by atoms with Crippen molar-refractivity contribution in [2.75, 3.05) is 31.3 Å². The molecule has 1 saturated heterocycles. The number of nitrogens with zero attached hydrogens (tertiary/aromatic N) is 1. The Bertz CT molecular complexity index is 903. The van der Waals surface area contributed by atoms with Crippen molar-refractivity contribution in [2.45, 2.75) is 25.2 Å². The molecule has 0 aliphatic carbocycles. The molecule has 0 spiro atoms. The minimum absolute atomic E-state index is 0.0728. The Balaban J connectivity index is 1.87. The van der Waals surface area contributed by atoms with E-state index in [0.717, 1.165) is 5.56 Å². The van der Waals surface area contributed by atoms with Gasteiger partial charge in [-0.3, -0.25) is 4.79 Å². The number of sulfonamides is 1. The summed E-state index contributed by atoms with van der Waals surface area (Å²) in [6.07, 6.45) is 0.885. The molecule has 1 N–H and O–H groups in total. The Morgan fingerprint density at radius 2 is 1.68 bits per heavy atom. The van der Waals surface area contributed by atoms with Crippen LogP contribution in [-0.2, 0) is 20.2 Å². The van der Waals surface area contributed by atoms with Crippen molar-refractivity contribution in [3.05, 3.63) is 60.2 Å². The van der Waals surface area contributed by atoms with Crippen molar-refractivity contribution < 1.29 is 17.9 Å². The summed E-state index contributed by atoms with van der Waals surface area (Å²) in [5.74, 6) is 0.676. The third kappa shape index (κ3) is 4.05. The van der Waals surface area contributed by atoms with Gasteiger partial charge in [-0.05, 0) is 49.6 Å². The highest BCUT2D eigenvalue weighted by atomic mass is 32.2. The topological polar surface area (TPSA) is 75.7 Å². The number of anilines is 1. The van der Waals surface area contributed by atoms with E-state index in [1.807, 2.05) is 30.3 Å². The van der Waals surface area contributed by atoms with Gasteiger partial charge in [0.2, 0.25) is 15.9 Å². The van der Waals surface area contributed by atoms with E-state index in [2.05, 4.69) is 5.32 Å². The predicted molar refractivity (Wildman–Crippen MR) is 110 cm³/mol. The number of benzene rings is 2. The van der Waals surface area contributed by atoms with Gasteiger partial charge in [0.15, 0.2) is 0 Å². The molecule has 1 aliphatic rings. The maximum Gasteiger partial charge on any atom is 0.235 e. The van der Waals surface area contributed by atoms with Crippen LogP contribution < -0.4 is 10.1 Å². The van der Waals surface area contributed by atoms with Crippen LogP contribution in [0.5, 0.6) is 5.75 Å². The lowest BCUT2D eigenvalue weighted by Crippen LogP contribution is -2.51. The first kappa shape index (κ1) is 20.4. The zero-order valence-corrected chi connectivity index (χ0v) is 17.0. The van der Waals surface area contributed by atoms with Gasteiger partial charge in [-0.25, -0.2) is 12.7 Å². The van der Waals surface area contributed by atoms with Crippen LogP contribution in [0.2, 0.25) is 0 Å². The molecule has 6 nitrogen and oxygen atoms in total. The number of piperidine rings is 1. The molecule has 2 aromatic carbocycles. The van der Waals surface area contributed by atoms with Crippen molar-refractivity contribution in [3.63, 3.8) is 0 Å². The van der Waals surface area contributed by atoms with Crippen molar-refractivity contribution >= 4 is 21.6 Å². The molecule has 1 heterocycles. The van der Waals surface area contributed by atoms with Crippen LogP contribution >= 0.6 is 0 Å². The number of nitrogens with one attached hydrogen (secondary N) is 1. The second kappa shape index (κ2) is 8.32. The maximum atomic E-state index is 13.4. The van der Waals surface area contributed by atoms with E-state index in [1.165, 1.54) is 4.31 Å². The Morgan fingerprint density at radius 1 is 1.07 bits per heavy atom. The summed E-state index contributed by atoms with van der Waals surface area (Å²) in [5.41, 5.74) is 0.834. The lowest BCUT2D eigenvalue weighted by Gasteiger charge is -2.40. The van der Waals surface area contributed by atoms with Crippen LogP contribution in [0.15, 0.2) is 54.6 Å². The quantitative estimate of drug-likeness (QED) is 0.806. The second-order valence-corrected chi connectivity index (χ2v) is 9.19. The zero-order chi connectivity index (χ0) is 20.2. The fourth-order valence-electron chi connectivity index (χ4n) is 3.66. The van der Waals surface area contributed by atoms with Crippen LogP contribution in [0.3, 0.4) is 0 Å². The number of hydrogen-bond acceptors (Lipinski definition) is 4. The number of hydrogen-bond donors (Lipinski definition) is 1. The summed E-state index contributed by atoms with van der Waals surface area (Å²) in [7, 11) is -1.66. The third-order valence-corrected chi connectivity index (χ3v) is 7.32. The number of carbonyl (C=O) groups excluding carboxylic acids is 1. The third-order valence-electron chi connectivity index (χ3n) is 5.44. The Morgan fingerprint density at radius 3 is 2.21 bits per heavy atom. The van der Waals surface area contributed by atoms with Gasteiger partial charge in [0.05, 0.1) is 18.3 Å². The summed E-state index contributed by atoms with van der Waals surface area (Å²) < 4.78 is 31.1. The van der Waals surface area contributed by atoms with Crippen molar-refractivity contribution in [2.24, 2.45) is 0 Å². The molecule has 150 valence electrons. The molecule has 7 heteroatoms. The summed E-state index contributed by atoms with van der Waals surface area (Å²) in [5, 5.41) is 3.01. The molecule has 1 aliphatic heterocycles. The molecule has 2 aromatic rings. The van der Waals surface area contributed by atoms with Gasteiger partial charge in [-0.1, -0.05) is 30.3 Å². The molecule has 28 heavy (non-hydrogen) atoms. The smallest absolute Gasteiger partial charge is 0.235 e. The molecule has 0 atom stereocenters. The van der Waals surface area contributed by atoms with Gasteiger partial charge in [0.25, 0.3) is 0 Å². The summed E-state index contributed by atoms with van der Waals surface area (Å²) in [4.78, 5) is 13.4. The fraction of sp³-hybridized carbons (Fsp3) is 0.381.